The lowest BCUT2D eigenvalue weighted by Gasteiger charge is -2.28. The summed E-state index contributed by atoms with van der Waals surface area (Å²) in [5.74, 6) is -0.0450. The molecular formula is C19H29BrO3. The Hall–Kier alpha value is -1.03. The zero-order valence-corrected chi connectivity index (χ0v) is 16.7. The molecule has 23 heavy (non-hydrogen) atoms. The third-order valence-corrected chi connectivity index (χ3v) is 4.28. The molecule has 0 fully saturated rings. The van der Waals surface area contributed by atoms with E-state index in [1.54, 1.807) is 12.1 Å². The first-order chi connectivity index (χ1) is 10.5. The van der Waals surface area contributed by atoms with Crippen molar-refractivity contribution in [1.82, 2.24) is 0 Å². The summed E-state index contributed by atoms with van der Waals surface area (Å²) >= 11 is 3.36. The number of phenols is 1. The van der Waals surface area contributed by atoms with E-state index in [4.69, 9.17) is 4.74 Å². The number of hydrogen-bond donors (Lipinski definition) is 1. The van der Waals surface area contributed by atoms with E-state index in [9.17, 15) is 9.90 Å². The maximum atomic E-state index is 12.4. The van der Waals surface area contributed by atoms with Gasteiger partial charge in [-0.3, -0.25) is 0 Å². The summed E-state index contributed by atoms with van der Waals surface area (Å²) in [6, 6.07) is 3.52. The van der Waals surface area contributed by atoms with Gasteiger partial charge in [-0.2, -0.15) is 0 Å². The van der Waals surface area contributed by atoms with Gasteiger partial charge in [0.25, 0.3) is 0 Å². The molecule has 0 amide bonds. The van der Waals surface area contributed by atoms with Gasteiger partial charge in [-0.1, -0.05) is 57.5 Å². The van der Waals surface area contributed by atoms with Crippen molar-refractivity contribution < 1.29 is 14.6 Å². The fourth-order valence-corrected chi connectivity index (χ4v) is 2.74. The van der Waals surface area contributed by atoms with E-state index in [1.807, 2.05) is 41.5 Å². The van der Waals surface area contributed by atoms with E-state index in [0.717, 1.165) is 29.3 Å². The Morgan fingerprint density at radius 3 is 1.91 bits per heavy atom. The van der Waals surface area contributed by atoms with Crippen LogP contribution in [0, 0.1) is 0 Å². The molecule has 0 aliphatic carbocycles. The highest BCUT2D eigenvalue weighted by Gasteiger charge is 2.28. The van der Waals surface area contributed by atoms with Crippen molar-refractivity contribution in [3.63, 3.8) is 0 Å². The first-order valence-corrected chi connectivity index (χ1v) is 9.21. The van der Waals surface area contributed by atoms with Gasteiger partial charge >= 0.3 is 5.97 Å². The minimum absolute atomic E-state index is 0.254. The molecule has 0 unspecified atom stereocenters. The van der Waals surface area contributed by atoms with Gasteiger partial charge in [0.05, 0.1) is 12.2 Å². The van der Waals surface area contributed by atoms with Gasteiger partial charge in [0.1, 0.15) is 5.75 Å². The molecule has 1 N–H and O–H groups in total. The third-order valence-electron chi connectivity index (χ3n) is 3.72. The van der Waals surface area contributed by atoms with Crippen molar-refractivity contribution in [1.29, 1.82) is 0 Å². The average molecular weight is 385 g/mol. The molecule has 0 aromatic heterocycles. The van der Waals surface area contributed by atoms with Crippen molar-refractivity contribution in [2.75, 3.05) is 11.9 Å². The molecule has 0 saturated carbocycles. The lowest BCUT2D eigenvalue weighted by atomic mass is 9.78. The van der Waals surface area contributed by atoms with Gasteiger partial charge < -0.3 is 9.84 Å². The molecule has 0 atom stereocenters. The van der Waals surface area contributed by atoms with Gasteiger partial charge in [-0.25, -0.2) is 4.79 Å². The van der Waals surface area contributed by atoms with E-state index in [2.05, 4.69) is 15.9 Å². The maximum absolute atomic E-state index is 12.4. The number of alkyl halides is 1. The van der Waals surface area contributed by atoms with Crippen molar-refractivity contribution in [3.05, 3.63) is 28.8 Å². The Kier molecular flexibility index (Phi) is 6.70. The molecule has 130 valence electrons. The number of unbranched alkanes of at least 4 members (excludes halogenated alkanes) is 1. The van der Waals surface area contributed by atoms with Gasteiger partial charge in [0.2, 0.25) is 0 Å². The van der Waals surface area contributed by atoms with E-state index >= 15 is 0 Å². The van der Waals surface area contributed by atoms with E-state index < -0.39 is 0 Å². The fraction of sp³-hybridized carbons (Fsp3) is 0.632. The smallest absolute Gasteiger partial charge is 0.338 e. The second-order valence-electron chi connectivity index (χ2n) is 7.95. The maximum Gasteiger partial charge on any atom is 0.338 e. The molecular weight excluding hydrogens is 356 g/mol. The van der Waals surface area contributed by atoms with Gasteiger partial charge in [0.15, 0.2) is 0 Å². The summed E-state index contributed by atoms with van der Waals surface area (Å²) < 4.78 is 5.36. The average Bonchev–Trinajstić information content (AvgIpc) is 2.41. The number of rotatable bonds is 5. The van der Waals surface area contributed by atoms with Crippen LogP contribution in [0.5, 0.6) is 5.75 Å². The summed E-state index contributed by atoms with van der Waals surface area (Å²) in [5, 5.41) is 11.6. The van der Waals surface area contributed by atoms with Crippen LogP contribution in [-0.4, -0.2) is 23.0 Å². The Bertz CT molecular complexity index is 516. The molecule has 0 saturated heterocycles. The molecule has 1 rings (SSSR count). The SMILES string of the molecule is CC(C)(C)c1cc(C(=O)OCCCCBr)cc(C(C)(C)C)c1O. The van der Waals surface area contributed by atoms with Crippen molar-refractivity contribution in [2.45, 2.75) is 65.2 Å². The second-order valence-corrected chi connectivity index (χ2v) is 8.74. The molecule has 0 bridgehead atoms. The van der Waals surface area contributed by atoms with Crippen LogP contribution < -0.4 is 0 Å². The van der Waals surface area contributed by atoms with Crippen LogP contribution in [0.15, 0.2) is 12.1 Å². The number of esters is 1. The quantitative estimate of drug-likeness (QED) is 0.424. The summed E-state index contributed by atoms with van der Waals surface area (Å²) in [7, 11) is 0. The predicted octanol–water partition coefficient (Wildman–Crippen LogP) is 5.32. The Balaban J connectivity index is 3.20. The highest BCUT2D eigenvalue weighted by atomic mass is 79.9. The minimum Gasteiger partial charge on any atom is -0.507 e. The number of benzene rings is 1. The highest BCUT2D eigenvalue weighted by Crippen LogP contribution is 2.39. The number of carbonyl (C=O) groups excluding carboxylic acids is 1. The van der Waals surface area contributed by atoms with Crippen LogP contribution in [0.4, 0.5) is 0 Å². The molecule has 0 aliphatic heterocycles. The zero-order valence-electron chi connectivity index (χ0n) is 15.1. The van der Waals surface area contributed by atoms with Gasteiger partial charge in [-0.15, -0.1) is 0 Å². The van der Waals surface area contributed by atoms with Crippen LogP contribution in [0.3, 0.4) is 0 Å². The third kappa shape index (κ3) is 5.52. The van der Waals surface area contributed by atoms with Crippen LogP contribution in [0.1, 0.15) is 75.9 Å². The van der Waals surface area contributed by atoms with Crippen LogP contribution >= 0.6 is 15.9 Å². The minimum atomic E-state index is -0.324. The highest BCUT2D eigenvalue weighted by molar-refractivity contribution is 9.09. The summed E-state index contributed by atoms with van der Waals surface area (Å²) in [6.45, 7) is 12.6. The largest absolute Gasteiger partial charge is 0.507 e. The zero-order chi connectivity index (χ0) is 17.8. The Morgan fingerprint density at radius 1 is 1.04 bits per heavy atom. The predicted molar refractivity (Wildman–Crippen MR) is 98.8 cm³/mol. The first-order valence-electron chi connectivity index (χ1n) is 8.09. The topological polar surface area (TPSA) is 46.5 Å². The molecule has 0 aliphatic rings. The van der Waals surface area contributed by atoms with Crippen molar-refractivity contribution >= 4 is 21.9 Å². The molecule has 0 heterocycles. The number of phenolic OH excluding ortho intramolecular Hbond substituents is 1. The van der Waals surface area contributed by atoms with Crippen LogP contribution in [-0.2, 0) is 15.6 Å². The first kappa shape index (κ1) is 20.0. The fourth-order valence-electron chi connectivity index (χ4n) is 2.34. The Labute approximate surface area is 148 Å². The van der Waals surface area contributed by atoms with Gasteiger partial charge in [-0.05, 0) is 35.8 Å². The number of halogens is 1. The number of aromatic hydroxyl groups is 1. The number of ether oxygens (including phenoxy) is 1. The molecule has 0 radical (unpaired) electrons. The monoisotopic (exact) mass is 384 g/mol. The second kappa shape index (κ2) is 7.69. The normalized spacial score (nSPS) is 12.3. The standard InChI is InChI=1S/C19H29BrO3/c1-18(2,3)14-11-13(17(22)23-10-8-7-9-20)12-15(16(14)21)19(4,5)6/h11-12,21H,7-10H2,1-6H3. The molecule has 1 aromatic rings. The summed E-state index contributed by atoms with van der Waals surface area (Å²) in [6.07, 6.45) is 1.82. The summed E-state index contributed by atoms with van der Waals surface area (Å²) in [5.41, 5.74) is 1.55. The van der Waals surface area contributed by atoms with E-state index in [0.29, 0.717) is 12.2 Å². The lowest BCUT2D eigenvalue weighted by molar-refractivity contribution is 0.0499. The molecule has 0 spiro atoms. The lowest BCUT2D eigenvalue weighted by Crippen LogP contribution is -2.19. The Morgan fingerprint density at radius 2 is 1.52 bits per heavy atom. The molecule has 3 nitrogen and oxygen atoms in total. The number of carbonyl (C=O) groups is 1. The molecule has 4 heteroatoms. The molecule has 1 aromatic carbocycles. The van der Waals surface area contributed by atoms with E-state index in [1.165, 1.54) is 0 Å². The van der Waals surface area contributed by atoms with Crippen molar-refractivity contribution in [3.8, 4) is 5.75 Å². The van der Waals surface area contributed by atoms with E-state index in [-0.39, 0.29) is 22.5 Å². The van der Waals surface area contributed by atoms with Gasteiger partial charge in [0, 0.05) is 16.5 Å². The van der Waals surface area contributed by atoms with Crippen LogP contribution in [0.25, 0.3) is 0 Å². The van der Waals surface area contributed by atoms with Crippen molar-refractivity contribution in [2.24, 2.45) is 0 Å². The number of hydrogen-bond acceptors (Lipinski definition) is 3. The van der Waals surface area contributed by atoms with Crippen LogP contribution in [0.2, 0.25) is 0 Å². The summed E-state index contributed by atoms with van der Waals surface area (Å²) in [4.78, 5) is 12.4.